The number of fused-ring (bicyclic) bond motifs is 1. The summed E-state index contributed by atoms with van der Waals surface area (Å²) < 4.78 is 2.84. The van der Waals surface area contributed by atoms with Crippen molar-refractivity contribution in [2.45, 2.75) is 32.7 Å². The zero-order valence-electron chi connectivity index (χ0n) is 9.66. The molecule has 2 heterocycles. The monoisotopic (exact) mass is 267 g/mol. The molecular weight excluding hydrogens is 254 g/mol. The Morgan fingerprint density at radius 3 is 3.00 bits per heavy atom. The van der Waals surface area contributed by atoms with E-state index in [2.05, 4.69) is 21.5 Å². The van der Waals surface area contributed by atoms with Gasteiger partial charge in [0.05, 0.1) is 10.5 Å². The molecule has 0 spiro atoms. The predicted molar refractivity (Wildman–Crippen MR) is 71.9 cm³/mol. The summed E-state index contributed by atoms with van der Waals surface area (Å²) in [6.45, 7) is 3.26. The van der Waals surface area contributed by atoms with Gasteiger partial charge < -0.3 is 9.55 Å². The Balaban J connectivity index is 2.09. The summed E-state index contributed by atoms with van der Waals surface area (Å²) in [6, 6.07) is 1.87. The van der Waals surface area contributed by atoms with Crippen LogP contribution >= 0.6 is 23.8 Å². The first-order valence-electron chi connectivity index (χ1n) is 5.82. The van der Waals surface area contributed by atoms with Crippen molar-refractivity contribution in [2.75, 3.05) is 0 Å². The van der Waals surface area contributed by atoms with E-state index in [1.807, 2.05) is 6.07 Å². The molecule has 1 fully saturated rings. The molecule has 0 amide bonds. The summed E-state index contributed by atoms with van der Waals surface area (Å²) >= 11 is 11.3. The first-order chi connectivity index (χ1) is 8.07. The molecule has 0 aromatic carbocycles. The van der Waals surface area contributed by atoms with Gasteiger partial charge in [-0.25, -0.2) is 4.98 Å². The number of nitrogens with zero attached hydrogens (tertiary/aromatic N) is 2. The van der Waals surface area contributed by atoms with Gasteiger partial charge >= 0.3 is 0 Å². The van der Waals surface area contributed by atoms with E-state index in [-0.39, 0.29) is 0 Å². The predicted octanol–water partition coefficient (Wildman–Crippen LogP) is 3.94. The van der Waals surface area contributed by atoms with E-state index in [0.29, 0.717) is 10.4 Å². The van der Waals surface area contributed by atoms with Crippen LogP contribution in [0.3, 0.4) is 0 Å². The van der Waals surface area contributed by atoms with Crippen LogP contribution in [0.2, 0.25) is 5.02 Å². The van der Waals surface area contributed by atoms with Crippen LogP contribution in [-0.4, -0.2) is 14.5 Å². The number of hydrogen-bond acceptors (Lipinski definition) is 2. The molecule has 3 nitrogen and oxygen atoms in total. The number of aromatic nitrogens is 3. The third kappa shape index (κ3) is 1.89. The third-order valence-electron chi connectivity index (χ3n) is 3.68. The van der Waals surface area contributed by atoms with Crippen molar-refractivity contribution in [1.29, 1.82) is 0 Å². The molecule has 0 unspecified atom stereocenters. The van der Waals surface area contributed by atoms with E-state index < -0.39 is 0 Å². The van der Waals surface area contributed by atoms with Crippen LogP contribution in [0, 0.1) is 10.2 Å². The lowest BCUT2D eigenvalue weighted by atomic mass is 9.70. The van der Waals surface area contributed by atoms with Crippen LogP contribution in [0.5, 0.6) is 0 Å². The Morgan fingerprint density at radius 2 is 2.35 bits per heavy atom. The standard InChI is InChI=1S/C12H14ClN3S/c1-12(3-2-4-12)7-16-10-9(15-11(16)17)5-8(13)6-14-10/h5-6H,2-4,7H2,1H3,(H,15,17). The molecule has 1 N–H and O–H groups in total. The Kier molecular flexibility index (Phi) is 2.52. The molecule has 0 bridgehead atoms. The second-order valence-corrected chi connectivity index (χ2v) is 6.03. The number of hydrogen-bond donors (Lipinski definition) is 1. The maximum absolute atomic E-state index is 5.93. The van der Waals surface area contributed by atoms with Crippen LogP contribution in [0.4, 0.5) is 0 Å². The lowest BCUT2D eigenvalue weighted by Crippen LogP contribution is -2.30. The molecule has 0 radical (unpaired) electrons. The number of halogens is 1. The number of imidazole rings is 1. The van der Waals surface area contributed by atoms with Gasteiger partial charge in [-0.2, -0.15) is 0 Å². The third-order valence-corrected chi connectivity index (χ3v) is 4.21. The molecule has 1 aliphatic rings. The van der Waals surface area contributed by atoms with Crippen LogP contribution in [-0.2, 0) is 6.54 Å². The molecule has 17 heavy (non-hydrogen) atoms. The minimum Gasteiger partial charge on any atom is -0.329 e. The highest BCUT2D eigenvalue weighted by molar-refractivity contribution is 7.71. The summed E-state index contributed by atoms with van der Waals surface area (Å²) in [5.74, 6) is 0. The van der Waals surface area contributed by atoms with Gasteiger partial charge in [0.2, 0.25) is 0 Å². The van der Waals surface area contributed by atoms with Gasteiger partial charge in [0.15, 0.2) is 10.4 Å². The van der Waals surface area contributed by atoms with E-state index in [1.54, 1.807) is 6.20 Å². The summed E-state index contributed by atoms with van der Waals surface area (Å²) in [4.78, 5) is 7.55. The smallest absolute Gasteiger partial charge is 0.179 e. The zero-order chi connectivity index (χ0) is 12.0. The minimum absolute atomic E-state index is 0.384. The largest absolute Gasteiger partial charge is 0.329 e. The highest BCUT2D eigenvalue weighted by Gasteiger charge is 2.32. The van der Waals surface area contributed by atoms with Crippen molar-refractivity contribution in [3.05, 3.63) is 22.1 Å². The number of pyridine rings is 1. The van der Waals surface area contributed by atoms with Crippen LogP contribution in [0.15, 0.2) is 12.3 Å². The zero-order valence-corrected chi connectivity index (χ0v) is 11.2. The Bertz CT molecular complexity index is 624. The summed E-state index contributed by atoms with van der Waals surface area (Å²) in [6.07, 6.45) is 5.54. The maximum Gasteiger partial charge on any atom is 0.179 e. The van der Waals surface area contributed by atoms with E-state index in [0.717, 1.165) is 22.5 Å². The van der Waals surface area contributed by atoms with Crippen LogP contribution in [0.1, 0.15) is 26.2 Å². The van der Waals surface area contributed by atoms with Crippen molar-refractivity contribution >= 4 is 35.0 Å². The molecule has 2 aromatic heterocycles. The molecule has 5 heteroatoms. The van der Waals surface area contributed by atoms with E-state index in [4.69, 9.17) is 23.8 Å². The van der Waals surface area contributed by atoms with Gasteiger partial charge in [-0.1, -0.05) is 24.9 Å². The Hall–Kier alpha value is -0.870. The first-order valence-corrected chi connectivity index (χ1v) is 6.60. The fourth-order valence-corrected chi connectivity index (χ4v) is 2.90. The van der Waals surface area contributed by atoms with Crippen molar-refractivity contribution in [3.8, 4) is 0 Å². The number of aromatic amines is 1. The summed E-state index contributed by atoms with van der Waals surface area (Å²) in [5.41, 5.74) is 2.22. The molecular formula is C12H14ClN3S. The fraction of sp³-hybridized carbons (Fsp3) is 0.500. The topological polar surface area (TPSA) is 33.6 Å². The van der Waals surface area contributed by atoms with Gasteiger partial charge in [-0.15, -0.1) is 0 Å². The van der Waals surface area contributed by atoms with Crippen molar-refractivity contribution in [1.82, 2.24) is 14.5 Å². The normalized spacial score (nSPS) is 18.2. The van der Waals surface area contributed by atoms with E-state index in [9.17, 15) is 0 Å². The molecule has 0 atom stereocenters. The summed E-state index contributed by atoms with van der Waals surface area (Å²) in [7, 11) is 0. The second-order valence-electron chi connectivity index (χ2n) is 5.21. The maximum atomic E-state index is 5.93. The first kappa shape index (κ1) is 11.2. The lowest BCUT2D eigenvalue weighted by molar-refractivity contribution is 0.133. The number of H-pyrrole nitrogens is 1. The van der Waals surface area contributed by atoms with E-state index >= 15 is 0 Å². The molecule has 90 valence electrons. The molecule has 1 aliphatic carbocycles. The quantitative estimate of drug-likeness (QED) is 0.837. The molecule has 3 rings (SSSR count). The highest BCUT2D eigenvalue weighted by atomic mass is 35.5. The average molecular weight is 268 g/mol. The van der Waals surface area contributed by atoms with E-state index in [1.165, 1.54) is 19.3 Å². The molecule has 1 saturated carbocycles. The van der Waals surface area contributed by atoms with Crippen molar-refractivity contribution in [3.63, 3.8) is 0 Å². The fourth-order valence-electron chi connectivity index (χ4n) is 2.48. The van der Waals surface area contributed by atoms with Crippen LogP contribution < -0.4 is 0 Å². The molecule has 0 saturated heterocycles. The van der Waals surface area contributed by atoms with Gasteiger partial charge in [0.1, 0.15) is 0 Å². The highest BCUT2D eigenvalue weighted by Crippen LogP contribution is 2.42. The Morgan fingerprint density at radius 1 is 1.59 bits per heavy atom. The SMILES string of the molecule is CC1(Cn2c(=S)[nH]c3cc(Cl)cnc32)CCC1. The second kappa shape index (κ2) is 3.82. The lowest BCUT2D eigenvalue weighted by Gasteiger charge is -2.38. The van der Waals surface area contributed by atoms with Crippen molar-refractivity contribution in [2.24, 2.45) is 5.41 Å². The molecule has 0 aliphatic heterocycles. The van der Waals surface area contributed by atoms with Gasteiger partial charge in [-0.05, 0) is 36.5 Å². The number of nitrogens with one attached hydrogen (secondary N) is 1. The van der Waals surface area contributed by atoms with Gasteiger partial charge in [-0.3, -0.25) is 0 Å². The minimum atomic E-state index is 0.384. The van der Waals surface area contributed by atoms with Crippen LogP contribution in [0.25, 0.3) is 11.2 Å². The summed E-state index contributed by atoms with van der Waals surface area (Å²) in [5, 5.41) is 0.635. The number of rotatable bonds is 2. The average Bonchev–Trinajstić information content (AvgIpc) is 2.52. The Labute approximate surface area is 110 Å². The van der Waals surface area contributed by atoms with Gasteiger partial charge in [0.25, 0.3) is 0 Å². The van der Waals surface area contributed by atoms with Gasteiger partial charge in [0, 0.05) is 12.7 Å². The van der Waals surface area contributed by atoms with Crippen molar-refractivity contribution < 1.29 is 0 Å². The molecule has 2 aromatic rings.